The SMILES string of the molecule is COc1cc2c(cc1-c1cccc(/C(C)=N/OCCN)c1)-c1c(c(C(=O)N3CCOCC3(C)C)nn1-c1cc(Cl)cc(Cl)c1)CO2. The van der Waals surface area contributed by atoms with Crippen LogP contribution < -0.4 is 15.2 Å². The maximum atomic E-state index is 14.2. The predicted molar refractivity (Wildman–Crippen MR) is 178 cm³/mol. The number of amides is 1. The summed E-state index contributed by atoms with van der Waals surface area (Å²) >= 11 is 12.9. The van der Waals surface area contributed by atoms with Crippen molar-refractivity contribution in [3.63, 3.8) is 0 Å². The van der Waals surface area contributed by atoms with E-state index in [-0.39, 0.29) is 12.5 Å². The van der Waals surface area contributed by atoms with E-state index in [1.807, 2.05) is 62.1 Å². The topological polar surface area (TPSA) is 113 Å². The van der Waals surface area contributed by atoms with Crippen molar-refractivity contribution in [1.82, 2.24) is 14.7 Å². The predicted octanol–water partition coefficient (Wildman–Crippen LogP) is 6.36. The monoisotopic (exact) mass is 663 g/mol. The van der Waals surface area contributed by atoms with Gasteiger partial charge in [-0.3, -0.25) is 4.79 Å². The van der Waals surface area contributed by atoms with Crippen molar-refractivity contribution in [3.05, 3.63) is 81.5 Å². The number of nitrogens with zero attached hydrogens (tertiary/aromatic N) is 4. The molecule has 0 aliphatic carbocycles. The van der Waals surface area contributed by atoms with E-state index in [9.17, 15) is 4.79 Å². The highest BCUT2D eigenvalue weighted by molar-refractivity contribution is 6.34. The van der Waals surface area contributed by atoms with Crippen molar-refractivity contribution in [2.75, 3.05) is 40.0 Å². The number of methoxy groups -OCH3 is 1. The van der Waals surface area contributed by atoms with Gasteiger partial charge in [0.2, 0.25) is 0 Å². The Morgan fingerprint density at radius 3 is 2.61 bits per heavy atom. The maximum Gasteiger partial charge on any atom is 0.275 e. The number of carbonyl (C=O) groups excluding carboxylic acids is 1. The molecule has 3 heterocycles. The van der Waals surface area contributed by atoms with Crippen LogP contribution in [0.15, 0.2) is 59.8 Å². The normalized spacial score (nSPS) is 15.5. The number of morpholine rings is 1. The number of carbonyl (C=O) groups is 1. The van der Waals surface area contributed by atoms with Gasteiger partial charge in [0, 0.05) is 45.9 Å². The average Bonchev–Trinajstić information content (AvgIpc) is 3.43. The minimum absolute atomic E-state index is 0.138. The number of oxime groups is 1. The van der Waals surface area contributed by atoms with Gasteiger partial charge in [0.1, 0.15) is 24.7 Å². The van der Waals surface area contributed by atoms with E-state index in [0.717, 1.165) is 22.3 Å². The third-order valence-corrected chi connectivity index (χ3v) is 8.54. The number of hydrogen-bond donors (Lipinski definition) is 1. The van der Waals surface area contributed by atoms with E-state index in [0.29, 0.717) is 82.8 Å². The minimum atomic E-state index is -0.513. The average molecular weight is 665 g/mol. The molecule has 1 saturated heterocycles. The quantitative estimate of drug-likeness (QED) is 0.132. The van der Waals surface area contributed by atoms with Crippen molar-refractivity contribution in [1.29, 1.82) is 0 Å². The van der Waals surface area contributed by atoms with Gasteiger partial charge < -0.3 is 29.7 Å². The van der Waals surface area contributed by atoms with E-state index in [2.05, 4.69) is 5.16 Å². The Morgan fingerprint density at radius 2 is 1.89 bits per heavy atom. The Labute approximate surface area is 277 Å². The molecule has 0 spiro atoms. The summed E-state index contributed by atoms with van der Waals surface area (Å²) in [4.78, 5) is 21.3. The number of aromatic nitrogens is 2. The minimum Gasteiger partial charge on any atom is -0.496 e. The highest BCUT2D eigenvalue weighted by Crippen LogP contribution is 2.46. The fraction of sp³-hybridized carbons (Fsp3) is 0.324. The molecule has 2 aliphatic heterocycles. The number of benzene rings is 3. The van der Waals surface area contributed by atoms with Crippen molar-refractivity contribution in [2.24, 2.45) is 10.9 Å². The zero-order valence-corrected chi connectivity index (χ0v) is 27.6. The Hall–Kier alpha value is -4.09. The van der Waals surface area contributed by atoms with Crippen LogP contribution in [0.4, 0.5) is 0 Å². The summed E-state index contributed by atoms with van der Waals surface area (Å²) < 4.78 is 19.6. The van der Waals surface area contributed by atoms with Crippen molar-refractivity contribution >= 4 is 34.8 Å². The Balaban J connectivity index is 1.53. The molecule has 0 saturated carbocycles. The lowest BCUT2D eigenvalue weighted by Gasteiger charge is -2.41. The molecule has 1 amide bonds. The first-order chi connectivity index (χ1) is 22.1. The molecule has 0 radical (unpaired) electrons. The van der Waals surface area contributed by atoms with Crippen LogP contribution in [-0.4, -0.2) is 71.9 Å². The first-order valence-corrected chi connectivity index (χ1v) is 15.7. The Morgan fingerprint density at radius 1 is 1.11 bits per heavy atom. The van der Waals surface area contributed by atoms with Crippen LogP contribution in [0, 0.1) is 0 Å². The maximum absolute atomic E-state index is 14.2. The lowest BCUT2D eigenvalue weighted by Crippen LogP contribution is -2.55. The van der Waals surface area contributed by atoms with Crippen LogP contribution in [0.1, 0.15) is 42.4 Å². The van der Waals surface area contributed by atoms with E-state index in [4.69, 9.17) is 53.1 Å². The first kappa shape index (κ1) is 31.9. The molecule has 4 aromatic rings. The molecule has 1 aromatic heterocycles. The van der Waals surface area contributed by atoms with Crippen molar-refractivity contribution in [2.45, 2.75) is 32.9 Å². The molecule has 2 N–H and O–H groups in total. The number of ether oxygens (including phenoxy) is 3. The Bertz CT molecular complexity index is 1820. The van der Waals surface area contributed by atoms with Gasteiger partial charge in [-0.2, -0.15) is 5.10 Å². The molecule has 0 unspecified atom stereocenters. The summed E-state index contributed by atoms with van der Waals surface area (Å²) in [6.07, 6.45) is 0. The van der Waals surface area contributed by atoms with Gasteiger partial charge in [-0.05, 0) is 62.2 Å². The molecular formula is C34H35Cl2N5O5. The zero-order valence-electron chi connectivity index (χ0n) is 26.1. The van der Waals surface area contributed by atoms with Crippen LogP contribution in [0.25, 0.3) is 28.1 Å². The lowest BCUT2D eigenvalue weighted by atomic mass is 9.94. The molecule has 3 aromatic carbocycles. The smallest absolute Gasteiger partial charge is 0.275 e. The number of rotatable bonds is 8. The van der Waals surface area contributed by atoms with E-state index >= 15 is 0 Å². The highest BCUT2D eigenvalue weighted by atomic mass is 35.5. The number of fused-ring (bicyclic) bond motifs is 3. The largest absolute Gasteiger partial charge is 0.496 e. The van der Waals surface area contributed by atoms with Crippen LogP contribution in [0.3, 0.4) is 0 Å². The summed E-state index contributed by atoms with van der Waals surface area (Å²) in [6.45, 7) is 8.02. The molecule has 0 atom stereocenters. The number of nitrogens with two attached hydrogens (primary N) is 1. The number of hydrogen-bond acceptors (Lipinski definition) is 8. The molecule has 10 nitrogen and oxygen atoms in total. The van der Waals surface area contributed by atoms with Crippen LogP contribution >= 0.6 is 23.2 Å². The summed E-state index contributed by atoms with van der Waals surface area (Å²) in [5.74, 6) is 1.02. The van der Waals surface area contributed by atoms with Crippen molar-refractivity contribution in [3.8, 4) is 39.6 Å². The van der Waals surface area contributed by atoms with Gasteiger partial charge >= 0.3 is 0 Å². The first-order valence-electron chi connectivity index (χ1n) is 14.9. The van der Waals surface area contributed by atoms with Gasteiger partial charge in [0.15, 0.2) is 5.69 Å². The van der Waals surface area contributed by atoms with Gasteiger partial charge in [-0.25, -0.2) is 4.68 Å². The molecule has 6 rings (SSSR count). The molecule has 12 heteroatoms. The van der Waals surface area contributed by atoms with Crippen LogP contribution in [0.5, 0.6) is 11.5 Å². The van der Waals surface area contributed by atoms with Crippen LogP contribution in [-0.2, 0) is 16.2 Å². The van der Waals surface area contributed by atoms with Gasteiger partial charge in [0.25, 0.3) is 5.91 Å². The second kappa shape index (κ2) is 13.0. The summed E-state index contributed by atoms with van der Waals surface area (Å²) in [5, 5.41) is 10.0. The Kier molecular flexibility index (Phi) is 8.98. The van der Waals surface area contributed by atoms with E-state index in [1.54, 1.807) is 30.0 Å². The second-order valence-electron chi connectivity index (χ2n) is 11.8. The third-order valence-electron chi connectivity index (χ3n) is 8.10. The van der Waals surface area contributed by atoms with E-state index < -0.39 is 5.54 Å². The third kappa shape index (κ3) is 6.05. The number of halogens is 2. The molecule has 240 valence electrons. The van der Waals surface area contributed by atoms with Gasteiger partial charge in [-0.1, -0.05) is 46.6 Å². The van der Waals surface area contributed by atoms with Gasteiger partial charge in [-0.15, -0.1) is 0 Å². The lowest BCUT2D eigenvalue weighted by molar-refractivity contribution is -0.0374. The summed E-state index contributed by atoms with van der Waals surface area (Å²) in [5.41, 5.74) is 11.4. The molecule has 0 bridgehead atoms. The van der Waals surface area contributed by atoms with Crippen LogP contribution in [0.2, 0.25) is 10.0 Å². The van der Waals surface area contributed by atoms with Crippen molar-refractivity contribution < 1.29 is 23.8 Å². The second-order valence-corrected chi connectivity index (χ2v) is 12.6. The molecular weight excluding hydrogens is 629 g/mol. The fourth-order valence-corrected chi connectivity index (χ4v) is 6.33. The summed E-state index contributed by atoms with van der Waals surface area (Å²) in [6, 6.07) is 17.0. The highest BCUT2D eigenvalue weighted by Gasteiger charge is 2.39. The zero-order chi connectivity index (χ0) is 32.6. The van der Waals surface area contributed by atoms with E-state index in [1.165, 1.54) is 0 Å². The standard InChI is InChI=1S/C34H35Cl2N5O5/c1-20(39-46-10-8-37)21-6-5-7-22(12-21)26-16-27-30(17-29(26)43-4)45-18-28-31(33(42)40-9-11-44-19-34(40,2)3)38-41(32(27)28)25-14-23(35)13-24(36)15-25/h5-7,12-17H,8-11,18-19,37H2,1-4H3/b39-20+. The summed E-state index contributed by atoms with van der Waals surface area (Å²) in [7, 11) is 1.62. The molecule has 1 fully saturated rings. The molecule has 2 aliphatic rings. The van der Waals surface area contributed by atoms with Gasteiger partial charge in [0.05, 0.1) is 43.0 Å². The molecule has 46 heavy (non-hydrogen) atoms. The fourth-order valence-electron chi connectivity index (χ4n) is 5.82.